The quantitative estimate of drug-likeness (QED) is 0.615. The van der Waals surface area contributed by atoms with Crippen LogP contribution in [0.2, 0.25) is 0 Å². The van der Waals surface area contributed by atoms with Crippen LogP contribution in [0.25, 0.3) is 5.00 Å². The lowest BCUT2D eigenvalue weighted by Gasteiger charge is -2.15. The Balaban J connectivity index is 1.49. The summed E-state index contributed by atoms with van der Waals surface area (Å²) in [5.41, 5.74) is 3.29. The molecule has 2 N–H and O–H groups in total. The molecule has 1 aromatic carbocycles. The average Bonchev–Trinajstić information content (AvgIpc) is 3.40. The Kier molecular flexibility index (Phi) is 5.76. The molecule has 1 aliphatic carbocycles. The number of rotatable bonds is 6. The van der Waals surface area contributed by atoms with Crippen molar-refractivity contribution in [2.75, 3.05) is 19.5 Å². The summed E-state index contributed by atoms with van der Waals surface area (Å²) in [4.78, 5) is 14.0. The maximum Gasteiger partial charge on any atom is 0.319 e. The third kappa shape index (κ3) is 4.10. The van der Waals surface area contributed by atoms with E-state index in [4.69, 9.17) is 9.47 Å². The van der Waals surface area contributed by atoms with Crippen molar-refractivity contribution < 1.29 is 14.3 Å². The number of urea groups is 1. The summed E-state index contributed by atoms with van der Waals surface area (Å²) in [6, 6.07) is 9.12. The largest absolute Gasteiger partial charge is 0.493 e. The second-order valence-electron chi connectivity index (χ2n) is 6.96. The predicted octanol–water partition coefficient (Wildman–Crippen LogP) is 4.76. The summed E-state index contributed by atoms with van der Waals surface area (Å²) in [6.07, 6.45) is 8.79. The number of carbonyl (C=O) groups is 1. The van der Waals surface area contributed by atoms with E-state index in [0.29, 0.717) is 23.7 Å². The van der Waals surface area contributed by atoms with Crippen molar-refractivity contribution in [3.05, 3.63) is 58.7 Å². The summed E-state index contributed by atoms with van der Waals surface area (Å²) >= 11 is 1.85. The van der Waals surface area contributed by atoms with E-state index in [1.165, 1.54) is 33.8 Å². The second-order valence-corrected chi connectivity index (χ2v) is 8.05. The van der Waals surface area contributed by atoms with Gasteiger partial charge in [0.15, 0.2) is 11.5 Å². The highest BCUT2D eigenvalue weighted by atomic mass is 32.1. The summed E-state index contributed by atoms with van der Waals surface area (Å²) < 4.78 is 12.7. The normalized spacial score (nSPS) is 12.9. The number of fused-ring (bicyclic) bond motifs is 1. The molecule has 0 saturated heterocycles. The van der Waals surface area contributed by atoms with E-state index in [-0.39, 0.29) is 6.03 Å². The Morgan fingerprint density at radius 2 is 1.86 bits per heavy atom. The molecule has 0 bridgehead atoms. The molecule has 4 rings (SSSR count). The molecule has 152 valence electrons. The minimum Gasteiger partial charge on any atom is -0.493 e. The second kappa shape index (κ2) is 8.61. The lowest BCUT2D eigenvalue weighted by atomic mass is 9.95. The number of nitrogens with one attached hydrogen (secondary N) is 2. The lowest BCUT2D eigenvalue weighted by Crippen LogP contribution is -2.28. The van der Waals surface area contributed by atoms with Gasteiger partial charge in [0.25, 0.3) is 0 Å². The Labute approximate surface area is 174 Å². The van der Waals surface area contributed by atoms with Gasteiger partial charge in [-0.15, -0.1) is 11.3 Å². The first kappa shape index (κ1) is 19.4. The van der Waals surface area contributed by atoms with Gasteiger partial charge in [0.2, 0.25) is 0 Å². The molecule has 0 saturated carbocycles. The first-order chi connectivity index (χ1) is 14.2. The van der Waals surface area contributed by atoms with Crippen LogP contribution in [-0.2, 0) is 19.4 Å². The van der Waals surface area contributed by atoms with Crippen LogP contribution in [0.1, 0.15) is 28.8 Å². The van der Waals surface area contributed by atoms with E-state index in [2.05, 4.69) is 27.6 Å². The first-order valence-corrected chi connectivity index (χ1v) is 10.5. The molecular weight excluding hydrogens is 386 g/mol. The molecule has 0 fully saturated rings. The summed E-state index contributed by atoms with van der Waals surface area (Å²) in [6.45, 7) is 0.498. The molecule has 0 unspecified atom stereocenters. The molecule has 7 heteroatoms. The number of amides is 2. The number of hydrogen-bond acceptors (Lipinski definition) is 4. The molecule has 2 amide bonds. The third-order valence-electron chi connectivity index (χ3n) is 5.17. The predicted molar refractivity (Wildman–Crippen MR) is 116 cm³/mol. The van der Waals surface area contributed by atoms with Crippen molar-refractivity contribution in [2.45, 2.75) is 32.2 Å². The number of aromatic nitrogens is 1. The van der Waals surface area contributed by atoms with Crippen molar-refractivity contribution in [3.8, 4) is 16.5 Å². The zero-order valence-corrected chi connectivity index (χ0v) is 17.5. The van der Waals surface area contributed by atoms with Crippen LogP contribution in [0, 0.1) is 0 Å². The van der Waals surface area contributed by atoms with E-state index in [9.17, 15) is 4.79 Å². The van der Waals surface area contributed by atoms with Gasteiger partial charge in [0.1, 0.15) is 5.00 Å². The number of aryl methyl sites for hydroxylation is 1. The minimum atomic E-state index is -0.244. The van der Waals surface area contributed by atoms with Crippen LogP contribution < -0.4 is 20.1 Å². The van der Waals surface area contributed by atoms with Crippen molar-refractivity contribution in [1.82, 2.24) is 9.88 Å². The van der Waals surface area contributed by atoms with Gasteiger partial charge in [0.05, 0.1) is 14.2 Å². The zero-order valence-electron chi connectivity index (χ0n) is 16.7. The average molecular weight is 412 g/mol. The molecule has 0 spiro atoms. The van der Waals surface area contributed by atoms with Crippen LogP contribution in [0.5, 0.6) is 11.5 Å². The first-order valence-electron chi connectivity index (χ1n) is 9.73. The van der Waals surface area contributed by atoms with E-state index >= 15 is 0 Å². The van der Waals surface area contributed by atoms with Crippen molar-refractivity contribution in [2.24, 2.45) is 0 Å². The Bertz CT molecular complexity index is 995. The lowest BCUT2D eigenvalue weighted by molar-refractivity contribution is 0.251. The maximum atomic E-state index is 12.5. The molecule has 1 aliphatic rings. The van der Waals surface area contributed by atoms with Crippen LogP contribution >= 0.6 is 11.3 Å². The smallest absolute Gasteiger partial charge is 0.319 e. The van der Waals surface area contributed by atoms with Gasteiger partial charge in [-0.3, -0.25) is 0 Å². The van der Waals surface area contributed by atoms with Crippen LogP contribution in [-0.4, -0.2) is 24.8 Å². The summed E-state index contributed by atoms with van der Waals surface area (Å²) in [5.74, 6) is 1.20. The fourth-order valence-electron chi connectivity index (χ4n) is 3.74. The molecule has 0 atom stereocenters. The van der Waals surface area contributed by atoms with Crippen LogP contribution in [0.15, 0.2) is 42.7 Å². The highest BCUT2D eigenvalue weighted by Crippen LogP contribution is 2.37. The van der Waals surface area contributed by atoms with Gasteiger partial charge in [-0.2, -0.15) is 0 Å². The van der Waals surface area contributed by atoms with Crippen molar-refractivity contribution in [3.63, 3.8) is 0 Å². The molecule has 2 heterocycles. The SMILES string of the molecule is COc1ccc(NC(=O)NCc2c(-n3cccc3)sc3c2CCCC3)cc1OC. The fraction of sp³-hybridized carbons (Fsp3) is 0.318. The van der Waals surface area contributed by atoms with Gasteiger partial charge in [-0.1, -0.05) is 0 Å². The number of benzene rings is 1. The monoisotopic (exact) mass is 411 g/mol. The fourth-order valence-corrected chi connectivity index (χ4v) is 5.11. The van der Waals surface area contributed by atoms with Crippen molar-refractivity contribution in [1.29, 1.82) is 0 Å². The third-order valence-corrected chi connectivity index (χ3v) is 6.51. The number of hydrogen-bond donors (Lipinski definition) is 2. The number of anilines is 1. The van der Waals surface area contributed by atoms with Gasteiger partial charge in [-0.25, -0.2) is 4.79 Å². The molecule has 2 aromatic heterocycles. The zero-order chi connectivity index (χ0) is 20.2. The van der Waals surface area contributed by atoms with E-state index in [0.717, 1.165) is 12.8 Å². The van der Waals surface area contributed by atoms with Crippen molar-refractivity contribution >= 4 is 23.1 Å². The molecular formula is C22H25N3O3S. The molecule has 0 radical (unpaired) electrons. The molecule has 3 aromatic rings. The summed E-state index contributed by atoms with van der Waals surface area (Å²) in [5, 5.41) is 7.10. The Morgan fingerprint density at radius 1 is 1.10 bits per heavy atom. The number of carbonyl (C=O) groups excluding carboxylic acids is 1. The molecule has 0 aliphatic heterocycles. The molecule has 29 heavy (non-hydrogen) atoms. The Morgan fingerprint density at radius 3 is 2.62 bits per heavy atom. The van der Waals surface area contributed by atoms with Gasteiger partial charge in [0, 0.05) is 41.1 Å². The van der Waals surface area contributed by atoms with Gasteiger partial charge in [-0.05, 0) is 55.5 Å². The topological polar surface area (TPSA) is 64.5 Å². The number of thiophene rings is 1. The van der Waals surface area contributed by atoms with E-state index < -0.39 is 0 Å². The number of methoxy groups -OCH3 is 2. The number of nitrogens with zero attached hydrogens (tertiary/aromatic N) is 1. The van der Waals surface area contributed by atoms with Crippen LogP contribution in [0.4, 0.5) is 10.5 Å². The minimum absolute atomic E-state index is 0.244. The van der Waals surface area contributed by atoms with Gasteiger partial charge >= 0.3 is 6.03 Å². The maximum absolute atomic E-state index is 12.5. The summed E-state index contributed by atoms with van der Waals surface area (Å²) in [7, 11) is 3.16. The van der Waals surface area contributed by atoms with Crippen LogP contribution in [0.3, 0.4) is 0 Å². The molecule has 6 nitrogen and oxygen atoms in total. The number of ether oxygens (including phenoxy) is 2. The van der Waals surface area contributed by atoms with E-state index in [1.54, 1.807) is 32.4 Å². The highest BCUT2D eigenvalue weighted by molar-refractivity contribution is 7.14. The van der Waals surface area contributed by atoms with Gasteiger partial charge < -0.3 is 24.7 Å². The van der Waals surface area contributed by atoms with E-state index in [1.807, 2.05) is 23.5 Å². The highest BCUT2D eigenvalue weighted by Gasteiger charge is 2.21. The Hall–Kier alpha value is -2.93. The standard InChI is InChI=1S/C22H25N3O3S/c1-27-18-10-9-15(13-19(18)28-2)24-22(26)23-14-17-16-7-3-4-8-20(16)29-21(17)25-11-5-6-12-25/h5-6,9-13H,3-4,7-8,14H2,1-2H3,(H2,23,24,26).